The monoisotopic (exact) mass is 282 g/mol. The summed E-state index contributed by atoms with van der Waals surface area (Å²) in [6.45, 7) is 4.17. The normalized spacial score (nSPS) is 26.3. The number of unbranched alkanes of at least 4 members (excludes halogenated alkanes) is 1. The summed E-state index contributed by atoms with van der Waals surface area (Å²) in [5, 5.41) is 12.0. The molecule has 0 spiro atoms. The number of nitrogens with zero attached hydrogens (tertiary/aromatic N) is 1. The van der Waals surface area contributed by atoms with Crippen molar-refractivity contribution >= 4 is 6.03 Å². The molecule has 0 bridgehead atoms. The van der Waals surface area contributed by atoms with Crippen LogP contribution in [0.3, 0.4) is 0 Å². The first-order valence-electron chi connectivity index (χ1n) is 8.36. The van der Waals surface area contributed by atoms with Gasteiger partial charge in [-0.05, 0) is 50.4 Å². The molecule has 0 aromatic rings. The highest BCUT2D eigenvalue weighted by Crippen LogP contribution is 2.29. The van der Waals surface area contributed by atoms with E-state index in [4.69, 9.17) is 5.11 Å². The summed E-state index contributed by atoms with van der Waals surface area (Å²) in [5.41, 5.74) is 0. The van der Waals surface area contributed by atoms with Crippen LogP contribution in [-0.2, 0) is 0 Å². The van der Waals surface area contributed by atoms with Crippen LogP contribution >= 0.6 is 0 Å². The standard InChI is InChI=1S/C16H30N2O2/c1-13-5-4-6-14(11-13)12-17-16(20)18(15-7-8-15)9-2-3-10-19/h13-15,19H,2-12H2,1H3,(H,17,20). The molecule has 2 N–H and O–H groups in total. The SMILES string of the molecule is CC1CCCC(CNC(=O)N(CCCCO)C2CC2)C1. The van der Waals surface area contributed by atoms with Gasteiger partial charge in [0.2, 0.25) is 0 Å². The van der Waals surface area contributed by atoms with Crippen LogP contribution in [0.5, 0.6) is 0 Å². The number of urea groups is 1. The van der Waals surface area contributed by atoms with Crippen molar-refractivity contribution in [3.63, 3.8) is 0 Å². The predicted molar refractivity (Wildman–Crippen MR) is 80.6 cm³/mol. The molecule has 2 aliphatic carbocycles. The first-order chi connectivity index (χ1) is 9.70. The molecule has 2 fully saturated rings. The maximum Gasteiger partial charge on any atom is 0.317 e. The van der Waals surface area contributed by atoms with E-state index >= 15 is 0 Å². The maximum atomic E-state index is 12.3. The van der Waals surface area contributed by atoms with Gasteiger partial charge in [-0.2, -0.15) is 0 Å². The number of hydrogen-bond donors (Lipinski definition) is 2. The molecule has 0 aromatic heterocycles. The molecule has 0 aromatic carbocycles. The number of amides is 2. The van der Waals surface area contributed by atoms with E-state index in [-0.39, 0.29) is 12.6 Å². The molecule has 116 valence electrons. The lowest BCUT2D eigenvalue weighted by Gasteiger charge is -2.28. The summed E-state index contributed by atoms with van der Waals surface area (Å²) in [6, 6.07) is 0.572. The highest BCUT2D eigenvalue weighted by Gasteiger charge is 2.32. The lowest BCUT2D eigenvalue weighted by Crippen LogP contribution is -2.44. The summed E-state index contributed by atoms with van der Waals surface area (Å²) in [4.78, 5) is 14.3. The number of nitrogens with one attached hydrogen (secondary N) is 1. The zero-order chi connectivity index (χ0) is 14.4. The average molecular weight is 282 g/mol. The first-order valence-corrected chi connectivity index (χ1v) is 8.36. The second kappa shape index (κ2) is 7.87. The Morgan fingerprint density at radius 1 is 1.25 bits per heavy atom. The van der Waals surface area contributed by atoms with Gasteiger partial charge in [0.15, 0.2) is 0 Å². The molecule has 2 atom stereocenters. The third kappa shape index (κ3) is 4.97. The van der Waals surface area contributed by atoms with Gasteiger partial charge in [0, 0.05) is 25.7 Å². The molecular weight excluding hydrogens is 252 g/mol. The van der Waals surface area contributed by atoms with Crippen LogP contribution in [0.1, 0.15) is 58.3 Å². The van der Waals surface area contributed by atoms with Crippen molar-refractivity contribution in [3.8, 4) is 0 Å². The van der Waals surface area contributed by atoms with Crippen LogP contribution in [0.25, 0.3) is 0 Å². The quantitative estimate of drug-likeness (QED) is 0.705. The minimum Gasteiger partial charge on any atom is -0.396 e. The van der Waals surface area contributed by atoms with Crippen LogP contribution in [0.2, 0.25) is 0 Å². The lowest BCUT2D eigenvalue weighted by molar-refractivity contribution is 0.185. The Hall–Kier alpha value is -0.770. The number of carbonyl (C=O) groups is 1. The topological polar surface area (TPSA) is 52.6 Å². The van der Waals surface area contributed by atoms with Gasteiger partial charge in [-0.1, -0.05) is 19.8 Å². The molecule has 0 heterocycles. The van der Waals surface area contributed by atoms with E-state index in [9.17, 15) is 4.79 Å². The Morgan fingerprint density at radius 3 is 2.70 bits per heavy atom. The summed E-state index contributed by atoms with van der Waals surface area (Å²) >= 11 is 0. The van der Waals surface area contributed by atoms with E-state index in [0.29, 0.717) is 12.0 Å². The molecule has 2 saturated carbocycles. The van der Waals surface area contributed by atoms with Gasteiger partial charge in [-0.25, -0.2) is 4.79 Å². The molecule has 20 heavy (non-hydrogen) atoms. The first kappa shape index (κ1) is 15.6. The number of hydrogen-bond acceptors (Lipinski definition) is 2. The molecule has 0 aliphatic heterocycles. The molecule has 2 rings (SSSR count). The molecule has 2 aliphatic rings. The van der Waals surface area contributed by atoms with E-state index in [1.807, 2.05) is 4.90 Å². The van der Waals surface area contributed by atoms with Crippen molar-refractivity contribution in [1.29, 1.82) is 0 Å². The van der Waals surface area contributed by atoms with Gasteiger partial charge in [0.1, 0.15) is 0 Å². The molecule has 0 saturated heterocycles. The Balaban J connectivity index is 1.70. The van der Waals surface area contributed by atoms with E-state index in [0.717, 1.165) is 44.7 Å². The summed E-state index contributed by atoms with van der Waals surface area (Å²) in [6.07, 6.45) is 9.16. The Bertz CT molecular complexity index is 305. The van der Waals surface area contributed by atoms with Crippen molar-refractivity contribution < 1.29 is 9.90 Å². The van der Waals surface area contributed by atoms with Gasteiger partial charge < -0.3 is 15.3 Å². The predicted octanol–water partition coefficient (Wildman–Crippen LogP) is 2.76. The maximum absolute atomic E-state index is 12.3. The minimum atomic E-state index is 0.115. The Morgan fingerprint density at radius 2 is 2.05 bits per heavy atom. The molecule has 2 unspecified atom stereocenters. The minimum absolute atomic E-state index is 0.115. The van der Waals surface area contributed by atoms with Crippen LogP contribution in [0.15, 0.2) is 0 Å². The van der Waals surface area contributed by atoms with Gasteiger partial charge in [0.25, 0.3) is 0 Å². The molecule has 4 nitrogen and oxygen atoms in total. The number of carbonyl (C=O) groups excluding carboxylic acids is 1. The third-order valence-corrected chi connectivity index (χ3v) is 4.64. The second-order valence-corrected chi connectivity index (χ2v) is 6.68. The van der Waals surface area contributed by atoms with Crippen molar-refractivity contribution in [1.82, 2.24) is 10.2 Å². The zero-order valence-corrected chi connectivity index (χ0v) is 12.8. The van der Waals surface area contributed by atoms with E-state index in [1.165, 1.54) is 25.7 Å². The largest absolute Gasteiger partial charge is 0.396 e. The fourth-order valence-electron chi connectivity index (χ4n) is 3.31. The smallest absolute Gasteiger partial charge is 0.317 e. The Labute approximate surface area is 122 Å². The van der Waals surface area contributed by atoms with Gasteiger partial charge in [-0.3, -0.25) is 0 Å². The van der Waals surface area contributed by atoms with Crippen LogP contribution in [-0.4, -0.2) is 41.8 Å². The number of aliphatic hydroxyl groups excluding tert-OH is 1. The summed E-state index contributed by atoms with van der Waals surface area (Å²) in [7, 11) is 0. The number of rotatable bonds is 7. The van der Waals surface area contributed by atoms with Gasteiger partial charge >= 0.3 is 6.03 Å². The highest BCUT2D eigenvalue weighted by atomic mass is 16.3. The van der Waals surface area contributed by atoms with Crippen molar-refractivity contribution in [2.24, 2.45) is 11.8 Å². The van der Waals surface area contributed by atoms with E-state index < -0.39 is 0 Å². The lowest BCUT2D eigenvalue weighted by atomic mass is 9.82. The molecule has 0 radical (unpaired) electrons. The van der Waals surface area contributed by atoms with Crippen molar-refractivity contribution in [2.75, 3.05) is 19.7 Å². The van der Waals surface area contributed by atoms with Crippen molar-refractivity contribution in [2.45, 2.75) is 64.3 Å². The van der Waals surface area contributed by atoms with Crippen LogP contribution in [0, 0.1) is 11.8 Å². The van der Waals surface area contributed by atoms with E-state index in [1.54, 1.807) is 0 Å². The summed E-state index contributed by atoms with van der Waals surface area (Å²) in [5.74, 6) is 1.48. The van der Waals surface area contributed by atoms with Crippen LogP contribution in [0.4, 0.5) is 4.79 Å². The molecular formula is C16H30N2O2. The Kier molecular flexibility index (Phi) is 6.14. The van der Waals surface area contributed by atoms with Crippen LogP contribution < -0.4 is 5.32 Å². The fraction of sp³-hybridized carbons (Fsp3) is 0.938. The molecule has 4 heteroatoms. The fourth-order valence-corrected chi connectivity index (χ4v) is 3.31. The van der Waals surface area contributed by atoms with Gasteiger partial charge in [0.05, 0.1) is 0 Å². The van der Waals surface area contributed by atoms with Gasteiger partial charge in [-0.15, -0.1) is 0 Å². The summed E-state index contributed by atoms with van der Waals surface area (Å²) < 4.78 is 0. The average Bonchev–Trinajstić information content (AvgIpc) is 3.26. The number of aliphatic hydroxyl groups is 1. The second-order valence-electron chi connectivity index (χ2n) is 6.68. The van der Waals surface area contributed by atoms with E-state index in [2.05, 4.69) is 12.2 Å². The zero-order valence-electron chi connectivity index (χ0n) is 12.8. The molecule has 2 amide bonds. The third-order valence-electron chi connectivity index (χ3n) is 4.64. The van der Waals surface area contributed by atoms with Crippen molar-refractivity contribution in [3.05, 3.63) is 0 Å². The highest BCUT2D eigenvalue weighted by molar-refractivity contribution is 5.74.